The highest BCUT2D eigenvalue weighted by atomic mass is 35.5. The molecule has 6 nitrogen and oxygen atoms in total. The molecule has 122 valence electrons. The van der Waals surface area contributed by atoms with Crippen molar-refractivity contribution in [2.24, 2.45) is 0 Å². The van der Waals surface area contributed by atoms with E-state index in [4.69, 9.17) is 21.1 Å². The van der Waals surface area contributed by atoms with Crippen LogP contribution < -0.4 is 5.32 Å². The summed E-state index contributed by atoms with van der Waals surface area (Å²) in [6, 6.07) is 7.24. The van der Waals surface area contributed by atoms with E-state index in [1.54, 1.807) is 38.1 Å². The van der Waals surface area contributed by atoms with Crippen molar-refractivity contribution in [3.05, 3.63) is 41.1 Å². The van der Waals surface area contributed by atoms with Crippen LogP contribution in [0.1, 0.15) is 19.4 Å². The second-order valence-electron chi connectivity index (χ2n) is 4.28. The number of esters is 2. The van der Waals surface area contributed by atoms with Crippen LogP contribution in [0.2, 0.25) is 5.02 Å². The fourth-order valence-electron chi connectivity index (χ4n) is 1.66. The van der Waals surface area contributed by atoms with E-state index in [9.17, 15) is 14.9 Å². The van der Waals surface area contributed by atoms with Crippen molar-refractivity contribution in [3.63, 3.8) is 0 Å². The lowest BCUT2D eigenvalue weighted by atomic mass is 10.1. The summed E-state index contributed by atoms with van der Waals surface area (Å²) in [5.74, 6) is -1.54. The third-order valence-corrected chi connectivity index (χ3v) is 2.97. The van der Waals surface area contributed by atoms with Crippen LogP contribution in [-0.4, -0.2) is 31.2 Å². The molecule has 0 aromatic heterocycles. The highest BCUT2D eigenvalue weighted by Crippen LogP contribution is 2.16. The van der Waals surface area contributed by atoms with Crippen LogP contribution in [0.5, 0.6) is 0 Å². The number of nitrogens with zero attached hydrogens (tertiary/aromatic N) is 1. The number of halogens is 1. The average Bonchev–Trinajstić information content (AvgIpc) is 2.53. The zero-order valence-electron chi connectivity index (χ0n) is 12.8. The molecule has 0 saturated carbocycles. The van der Waals surface area contributed by atoms with E-state index in [0.717, 1.165) is 0 Å². The first kappa shape index (κ1) is 18.5. The number of benzene rings is 1. The molecule has 0 aliphatic carbocycles. The standard InChI is InChI=1S/C16H17ClN2O4/c1-3-22-15(20)14(16(21)23-4-2)19-10-12(9-18)11-5-7-13(17)8-6-11/h5-8,10,14,19H,3-4H2,1-2H3. The molecular formula is C16H17ClN2O4. The van der Waals surface area contributed by atoms with Gasteiger partial charge in [-0.2, -0.15) is 5.26 Å². The van der Waals surface area contributed by atoms with Crippen LogP contribution in [0.15, 0.2) is 30.5 Å². The molecule has 7 heteroatoms. The minimum absolute atomic E-state index is 0.127. The molecule has 0 spiro atoms. The maximum atomic E-state index is 11.8. The molecule has 0 amide bonds. The molecule has 1 aromatic rings. The lowest BCUT2D eigenvalue weighted by molar-refractivity contribution is -0.157. The monoisotopic (exact) mass is 336 g/mol. The summed E-state index contributed by atoms with van der Waals surface area (Å²) in [6.07, 6.45) is 1.28. The number of rotatable bonds is 7. The van der Waals surface area contributed by atoms with E-state index in [1.165, 1.54) is 6.20 Å². The van der Waals surface area contributed by atoms with Crippen LogP contribution in [0, 0.1) is 11.3 Å². The Balaban J connectivity index is 2.96. The maximum absolute atomic E-state index is 11.8. The molecule has 0 fully saturated rings. The van der Waals surface area contributed by atoms with Gasteiger partial charge in [-0.05, 0) is 31.5 Å². The summed E-state index contributed by atoms with van der Waals surface area (Å²) < 4.78 is 9.65. The van der Waals surface area contributed by atoms with E-state index in [2.05, 4.69) is 5.32 Å². The maximum Gasteiger partial charge on any atom is 0.340 e. The van der Waals surface area contributed by atoms with Crippen LogP contribution >= 0.6 is 11.6 Å². The molecule has 0 heterocycles. The Morgan fingerprint density at radius 2 is 1.74 bits per heavy atom. The minimum Gasteiger partial charge on any atom is -0.464 e. The number of nitrogens with one attached hydrogen (secondary N) is 1. The van der Waals surface area contributed by atoms with Gasteiger partial charge in [-0.3, -0.25) is 0 Å². The fourth-order valence-corrected chi connectivity index (χ4v) is 1.79. The minimum atomic E-state index is -1.33. The van der Waals surface area contributed by atoms with E-state index in [0.29, 0.717) is 10.6 Å². The Bertz CT molecular complexity index is 602. The summed E-state index contributed by atoms with van der Waals surface area (Å²) >= 11 is 5.80. The predicted octanol–water partition coefficient (Wildman–Crippen LogP) is 2.29. The van der Waals surface area contributed by atoms with E-state index in [1.807, 2.05) is 6.07 Å². The quantitative estimate of drug-likeness (QED) is 0.467. The zero-order chi connectivity index (χ0) is 17.2. The number of hydrogen-bond acceptors (Lipinski definition) is 6. The molecule has 0 aliphatic heterocycles. The van der Waals surface area contributed by atoms with Crippen molar-refractivity contribution in [3.8, 4) is 6.07 Å². The molecule has 0 atom stereocenters. The molecule has 0 bridgehead atoms. The SMILES string of the molecule is CCOC(=O)C(NC=C(C#N)c1ccc(Cl)cc1)C(=O)OCC. The molecule has 1 N–H and O–H groups in total. The summed E-state index contributed by atoms with van der Waals surface area (Å²) in [5.41, 5.74) is 0.830. The number of carbonyl (C=O) groups excluding carboxylic acids is 2. The second kappa shape index (κ2) is 9.49. The average molecular weight is 337 g/mol. The fraction of sp³-hybridized carbons (Fsp3) is 0.312. The summed E-state index contributed by atoms with van der Waals surface area (Å²) in [4.78, 5) is 23.7. The van der Waals surface area contributed by atoms with Gasteiger partial charge in [0.05, 0.1) is 18.8 Å². The third-order valence-electron chi connectivity index (χ3n) is 2.71. The number of nitriles is 1. The highest BCUT2D eigenvalue weighted by Gasteiger charge is 2.28. The van der Waals surface area contributed by atoms with Crippen LogP contribution in [-0.2, 0) is 19.1 Å². The summed E-state index contributed by atoms with van der Waals surface area (Å²) in [6.45, 7) is 3.51. The van der Waals surface area contributed by atoms with Crippen LogP contribution in [0.25, 0.3) is 5.57 Å². The van der Waals surface area contributed by atoms with Gasteiger partial charge in [0.15, 0.2) is 0 Å². The van der Waals surface area contributed by atoms with Gasteiger partial charge in [-0.1, -0.05) is 23.7 Å². The van der Waals surface area contributed by atoms with Gasteiger partial charge in [0.25, 0.3) is 0 Å². The topological polar surface area (TPSA) is 88.4 Å². The molecule has 0 radical (unpaired) electrons. The second-order valence-corrected chi connectivity index (χ2v) is 4.72. The largest absolute Gasteiger partial charge is 0.464 e. The van der Waals surface area contributed by atoms with E-state index in [-0.39, 0.29) is 18.8 Å². The highest BCUT2D eigenvalue weighted by molar-refractivity contribution is 6.30. The molecule has 23 heavy (non-hydrogen) atoms. The Morgan fingerprint density at radius 1 is 1.22 bits per heavy atom. The van der Waals surface area contributed by atoms with E-state index >= 15 is 0 Å². The van der Waals surface area contributed by atoms with Gasteiger partial charge in [0, 0.05) is 11.2 Å². The summed E-state index contributed by atoms with van der Waals surface area (Å²) in [7, 11) is 0. The molecule has 1 rings (SSSR count). The molecule has 0 unspecified atom stereocenters. The summed E-state index contributed by atoms with van der Waals surface area (Å²) in [5, 5.41) is 12.3. The van der Waals surface area contributed by atoms with Crippen molar-refractivity contribution in [1.82, 2.24) is 5.32 Å². The Hall–Kier alpha value is -2.52. The Kier molecular flexibility index (Phi) is 7.64. The van der Waals surface area contributed by atoms with Gasteiger partial charge >= 0.3 is 11.9 Å². The van der Waals surface area contributed by atoms with Gasteiger partial charge in [-0.15, -0.1) is 0 Å². The van der Waals surface area contributed by atoms with Gasteiger partial charge in [0.1, 0.15) is 6.07 Å². The van der Waals surface area contributed by atoms with E-state index < -0.39 is 18.0 Å². The van der Waals surface area contributed by atoms with Crippen LogP contribution in [0.4, 0.5) is 0 Å². The molecule has 1 aromatic carbocycles. The van der Waals surface area contributed by atoms with Gasteiger partial charge in [0.2, 0.25) is 6.04 Å². The first-order valence-corrected chi connectivity index (χ1v) is 7.36. The van der Waals surface area contributed by atoms with Crippen molar-refractivity contribution in [2.75, 3.05) is 13.2 Å². The number of allylic oxidation sites excluding steroid dienone is 1. The van der Waals surface area contributed by atoms with Crippen molar-refractivity contribution >= 4 is 29.1 Å². The third kappa shape index (κ3) is 5.64. The zero-order valence-corrected chi connectivity index (χ0v) is 13.6. The lowest BCUT2D eigenvalue weighted by Gasteiger charge is -2.14. The van der Waals surface area contributed by atoms with Crippen LogP contribution in [0.3, 0.4) is 0 Å². The van der Waals surface area contributed by atoms with Gasteiger partial charge < -0.3 is 14.8 Å². The Morgan fingerprint density at radius 3 is 2.17 bits per heavy atom. The van der Waals surface area contributed by atoms with Gasteiger partial charge in [-0.25, -0.2) is 9.59 Å². The van der Waals surface area contributed by atoms with Crippen molar-refractivity contribution in [2.45, 2.75) is 19.9 Å². The molecular weight excluding hydrogens is 320 g/mol. The first-order valence-electron chi connectivity index (χ1n) is 6.99. The first-order chi connectivity index (χ1) is 11.0. The molecule has 0 saturated heterocycles. The Labute approximate surface area is 139 Å². The smallest absolute Gasteiger partial charge is 0.340 e. The number of carbonyl (C=O) groups is 2. The van der Waals surface area contributed by atoms with Crippen molar-refractivity contribution in [1.29, 1.82) is 5.26 Å². The van der Waals surface area contributed by atoms with Crippen molar-refractivity contribution < 1.29 is 19.1 Å². The normalized spacial score (nSPS) is 10.8. The number of hydrogen-bond donors (Lipinski definition) is 1. The lowest BCUT2D eigenvalue weighted by Crippen LogP contribution is -2.43. The predicted molar refractivity (Wildman–Crippen MR) is 85.2 cm³/mol. The number of ether oxygens (including phenoxy) is 2. The molecule has 0 aliphatic rings.